The van der Waals surface area contributed by atoms with Gasteiger partial charge in [-0.15, -0.1) is 0 Å². The minimum atomic E-state index is -0.368. The summed E-state index contributed by atoms with van der Waals surface area (Å²) in [6.07, 6.45) is 3.76. The molecular weight excluding hydrogens is 146 g/mol. The van der Waals surface area contributed by atoms with Crippen LogP contribution in [-0.2, 0) is 4.79 Å². The molecule has 0 fully saturated rings. The molecule has 0 N–H and O–H groups in total. The predicted molar refractivity (Wildman–Crippen MR) is 46.8 cm³/mol. The Bertz CT molecular complexity index is 230. The van der Waals surface area contributed by atoms with Crippen LogP contribution in [0.5, 0.6) is 0 Å². The normalized spacial score (nSPS) is 27.7. The zero-order valence-corrected chi connectivity index (χ0v) is 7.27. The summed E-state index contributed by atoms with van der Waals surface area (Å²) in [6, 6.07) is 0. The molecule has 0 aromatic heterocycles. The zero-order valence-electron chi connectivity index (χ0n) is 6.38. The third-order valence-electron chi connectivity index (χ3n) is 1.58. The second kappa shape index (κ2) is 2.58. The molecule has 10 heavy (non-hydrogen) atoms. The number of thiol groups is 1. The van der Waals surface area contributed by atoms with E-state index in [1.807, 2.05) is 6.92 Å². The van der Waals surface area contributed by atoms with E-state index in [2.05, 4.69) is 11.2 Å². The Kier molecular flexibility index (Phi) is 1.94. The number of ketones is 1. The summed E-state index contributed by atoms with van der Waals surface area (Å²) >= 11 is 0. The topological polar surface area (TPSA) is 29.4 Å². The highest BCUT2D eigenvalue weighted by Crippen LogP contribution is 2.37. The number of carbonyl (C=O) groups is 1. The van der Waals surface area contributed by atoms with Gasteiger partial charge in [0.05, 0.1) is 9.95 Å². The molecule has 1 atom stereocenters. The van der Waals surface area contributed by atoms with Crippen LogP contribution in [0.3, 0.4) is 0 Å². The van der Waals surface area contributed by atoms with Crippen LogP contribution in [-0.4, -0.2) is 17.1 Å². The molecule has 0 aromatic carbocycles. The van der Waals surface area contributed by atoms with Crippen LogP contribution in [0, 0.1) is 0 Å². The van der Waals surface area contributed by atoms with Crippen LogP contribution >= 0.6 is 10.9 Å². The Labute approximate surface area is 63.4 Å². The second-order valence-corrected chi connectivity index (χ2v) is 4.55. The minimum absolute atomic E-state index is 0.161. The lowest BCUT2D eigenvalue weighted by molar-refractivity contribution is -0.112. The van der Waals surface area contributed by atoms with Gasteiger partial charge in [0.15, 0.2) is 5.78 Å². The summed E-state index contributed by atoms with van der Waals surface area (Å²) in [5, 5.41) is 1.10. The molecule has 1 heterocycles. The molecule has 1 unspecified atom stereocenters. The first kappa shape index (κ1) is 7.54. The highest BCUT2D eigenvalue weighted by Gasteiger charge is 2.16. The number of allylic oxidation sites excluding steroid dienone is 1. The first-order valence-electron chi connectivity index (χ1n) is 3.12. The van der Waals surface area contributed by atoms with Crippen molar-refractivity contribution < 1.29 is 4.79 Å². The van der Waals surface area contributed by atoms with Crippen molar-refractivity contribution >= 4 is 21.7 Å². The fourth-order valence-corrected chi connectivity index (χ4v) is 2.11. The Balaban J connectivity index is 2.81. The summed E-state index contributed by atoms with van der Waals surface area (Å²) in [7, 11) is -0.368. The number of hydrogen-bond acceptors (Lipinski definition) is 2. The van der Waals surface area contributed by atoms with Gasteiger partial charge < -0.3 is 0 Å². The third kappa shape index (κ3) is 1.14. The lowest BCUT2D eigenvalue weighted by Crippen LogP contribution is -1.97. The Morgan fingerprint density at radius 3 is 2.50 bits per heavy atom. The Morgan fingerprint density at radius 2 is 2.30 bits per heavy atom. The molecule has 0 saturated heterocycles. The molecule has 0 radical (unpaired) electrons. The molecule has 1 rings (SSSR count). The van der Waals surface area contributed by atoms with Gasteiger partial charge in [-0.2, -0.15) is 10.9 Å². The molecule has 3 heteroatoms. The van der Waals surface area contributed by atoms with E-state index in [0.29, 0.717) is 0 Å². The molecule has 56 valence electrons. The second-order valence-electron chi connectivity index (χ2n) is 2.31. The summed E-state index contributed by atoms with van der Waals surface area (Å²) in [6.45, 7) is 3.57. The largest absolute Gasteiger partial charge is 0.294 e. The van der Waals surface area contributed by atoms with Crippen LogP contribution in [0.2, 0.25) is 0 Å². The first-order valence-corrected chi connectivity index (χ1v) is 4.91. The number of hydrogen-bond donors (Lipinski definition) is 1. The van der Waals surface area contributed by atoms with Gasteiger partial charge in [0.1, 0.15) is 0 Å². The van der Waals surface area contributed by atoms with Gasteiger partial charge in [-0.3, -0.25) is 9.79 Å². The number of aliphatic imine (C=N–C) groups is 1. The Morgan fingerprint density at radius 1 is 1.70 bits per heavy atom. The monoisotopic (exact) mass is 157 g/mol. The van der Waals surface area contributed by atoms with Gasteiger partial charge in [0.25, 0.3) is 0 Å². The number of rotatable bonds is 1. The molecule has 1 aliphatic heterocycles. The van der Waals surface area contributed by atoms with Crippen molar-refractivity contribution in [2.24, 2.45) is 4.99 Å². The van der Waals surface area contributed by atoms with E-state index < -0.39 is 0 Å². The quantitative estimate of drug-likeness (QED) is 0.574. The number of Topliss-reactive ketones (excluding diaryl/α,β-unsaturated/α-hetero) is 1. The molecule has 0 saturated carbocycles. The number of nitrogens with zero attached hydrogens (tertiary/aromatic N) is 1. The van der Waals surface area contributed by atoms with Gasteiger partial charge in [0, 0.05) is 6.20 Å². The van der Waals surface area contributed by atoms with E-state index in [1.54, 1.807) is 13.1 Å². The highest BCUT2D eigenvalue weighted by atomic mass is 32.2. The van der Waals surface area contributed by atoms with Gasteiger partial charge in [-0.25, -0.2) is 0 Å². The van der Waals surface area contributed by atoms with Crippen molar-refractivity contribution in [3.05, 3.63) is 11.1 Å². The molecule has 0 amide bonds. The smallest absolute Gasteiger partial charge is 0.166 e. The predicted octanol–water partition coefficient (Wildman–Crippen LogP) is 1.48. The van der Waals surface area contributed by atoms with Crippen molar-refractivity contribution in [1.29, 1.82) is 0 Å². The first-order chi connectivity index (χ1) is 4.63. The molecular formula is C7H11NOS. The Hall–Kier alpha value is -0.570. The molecule has 0 aliphatic carbocycles. The molecule has 0 aromatic rings. The molecule has 0 spiro atoms. The van der Waals surface area contributed by atoms with E-state index in [4.69, 9.17) is 0 Å². The average molecular weight is 157 g/mol. The SMILES string of the molecule is CC(=O)C1=CN=C(C)[SH]1C. The van der Waals surface area contributed by atoms with Crippen LogP contribution in [0.25, 0.3) is 0 Å². The minimum Gasteiger partial charge on any atom is -0.294 e. The summed E-state index contributed by atoms with van der Waals surface area (Å²) in [5.74, 6) is 0.161. The maximum atomic E-state index is 10.9. The number of carbonyl (C=O) groups excluding carboxylic acids is 1. The zero-order chi connectivity index (χ0) is 7.72. The van der Waals surface area contributed by atoms with Gasteiger partial charge in [-0.05, 0) is 20.1 Å². The standard InChI is InChI=1S/C7H11NOS/c1-5(9)7-4-8-6(2)10(7)3/h4,10H,1-3H3. The van der Waals surface area contributed by atoms with E-state index in [0.717, 1.165) is 9.95 Å². The van der Waals surface area contributed by atoms with Crippen LogP contribution < -0.4 is 0 Å². The lowest BCUT2D eigenvalue weighted by Gasteiger charge is -2.09. The van der Waals surface area contributed by atoms with E-state index >= 15 is 0 Å². The highest BCUT2D eigenvalue weighted by molar-refractivity contribution is 8.33. The fraction of sp³-hybridized carbons (Fsp3) is 0.429. The van der Waals surface area contributed by atoms with Crippen molar-refractivity contribution in [2.75, 3.05) is 6.26 Å². The van der Waals surface area contributed by atoms with Crippen molar-refractivity contribution in [2.45, 2.75) is 13.8 Å². The van der Waals surface area contributed by atoms with E-state index in [-0.39, 0.29) is 16.7 Å². The summed E-state index contributed by atoms with van der Waals surface area (Å²) < 4.78 is 0. The maximum Gasteiger partial charge on any atom is 0.166 e. The average Bonchev–Trinajstić information content (AvgIpc) is 2.14. The van der Waals surface area contributed by atoms with Gasteiger partial charge in [0.2, 0.25) is 0 Å². The van der Waals surface area contributed by atoms with Crippen molar-refractivity contribution in [3.63, 3.8) is 0 Å². The molecule has 1 aliphatic rings. The van der Waals surface area contributed by atoms with E-state index in [9.17, 15) is 4.79 Å². The third-order valence-corrected chi connectivity index (χ3v) is 3.82. The summed E-state index contributed by atoms with van der Waals surface area (Å²) in [4.78, 5) is 15.9. The maximum absolute atomic E-state index is 10.9. The van der Waals surface area contributed by atoms with Gasteiger partial charge >= 0.3 is 0 Å². The lowest BCUT2D eigenvalue weighted by atomic mass is 10.4. The fourth-order valence-electron chi connectivity index (χ4n) is 0.829. The van der Waals surface area contributed by atoms with Crippen molar-refractivity contribution in [3.8, 4) is 0 Å². The van der Waals surface area contributed by atoms with Crippen molar-refractivity contribution in [1.82, 2.24) is 0 Å². The summed E-state index contributed by atoms with van der Waals surface area (Å²) in [5.41, 5.74) is 0. The van der Waals surface area contributed by atoms with Crippen LogP contribution in [0.1, 0.15) is 13.8 Å². The van der Waals surface area contributed by atoms with Crippen LogP contribution in [0.4, 0.5) is 0 Å². The van der Waals surface area contributed by atoms with Crippen LogP contribution in [0.15, 0.2) is 16.1 Å². The van der Waals surface area contributed by atoms with E-state index in [1.165, 1.54) is 0 Å². The van der Waals surface area contributed by atoms with Gasteiger partial charge in [-0.1, -0.05) is 0 Å². The molecule has 2 nitrogen and oxygen atoms in total. The molecule has 0 bridgehead atoms.